The predicted octanol–water partition coefficient (Wildman–Crippen LogP) is 5.96. The molecule has 1 aliphatic heterocycles. The molecule has 2 heterocycles. The first-order chi connectivity index (χ1) is 16.1. The fraction of sp³-hybridized carbons (Fsp3) is 0.0769. The molecule has 0 radical (unpaired) electrons. The third-order valence-corrected chi connectivity index (χ3v) is 6.05. The molecule has 164 valence electrons. The zero-order chi connectivity index (χ0) is 22.8. The lowest BCUT2D eigenvalue weighted by atomic mass is 10.0. The van der Waals surface area contributed by atoms with Gasteiger partial charge in [0.2, 0.25) is 0 Å². The number of aromatic nitrogens is 2. The first-order valence-electron chi connectivity index (χ1n) is 10.4. The number of carbonyl (C=O) groups excluding carboxylic acids is 1. The number of nitrogens with zero attached hydrogens (tertiary/aromatic N) is 2. The lowest BCUT2D eigenvalue weighted by molar-refractivity contribution is 0.102. The highest BCUT2D eigenvalue weighted by molar-refractivity contribution is 9.10. The number of fused-ring (bicyclic) bond motifs is 1. The van der Waals surface area contributed by atoms with E-state index in [1.807, 2.05) is 71.4 Å². The average Bonchev–Trinajstić information content (AvgIpc) is 3.29. The molecule has 3 aromatic carbocycles. The van der Waals surface area contributed by atoms with Crippen molar-refractivity contribution in [3.63, 3.8) is 0 Å². The third kappa shape index (κ3) is 4.27. The van der Waals surface area contributed by atoms with Crippen LogP contribution in [0.3, 0.4) is 0 Å². The minimum atomic E-state index is -0.222. The van der Waals surface area contributed by atoms with Crippen molar-refractivity contribution in [3.8, 4) is 5.75 Å². The van der Waals surface area contributed by atoms with Crippen molar-refractivity contribution >= 4 is 39.0 Å². The minimum absolute atomic E-state index is 0.176. The van der Waals surface area contributed by atoms with Gasteiger partial charge in [-0.05, 0) is 65.7 Å². The second-order valence-electron chi connectivity index (χ2n) is 7.60. The molecular formula is C26H21BrN4O2. The summed E-state index contributed by atoms with van der Waals surface area (Å²) in [6.45, 7) is 0. The van der Waals surface area contributed by atoms with E-state index >= 15 is 0 Å². The summed E-state index contributed by atoms with van der Waals surface area (Å²) >= 11 is 3.50. The van der Waals surface area contributed by atoms with E-state index in [2.05, 4.69) is 49.9 Å². The fourth-order valence-corrected chi connectivity index (χ4v) is 4.08. The Morgan fingerprint density at radius 3 is 2.45 bits per heavy atom. The second-order valence-corrected chi connectivity index (χ2v) is 8.52. The molecule has 2 N–H and O–H groups in total. The number of ether oxygens (including phenoxy) is 1. The van der Waals surface area contributed by atoms with Gasteiger partial charge in [0, 0.05) is 15.9 Å². The van der Waals surface area contributed by atoms with Crippen LogP contribution in [-0.2, 0) is 0 Å². The molecule has 0 saturated carbocycles. The number of hydrogen-bond acceptors (Lipinski definition) is 4. The molecule has 0 spiro atoms. The lowest BCUT2D eigenvalue weighted by Crippen LogP contribution is -2.22. The predicted molar refractivity (Wildman–Crippen MR) is 133 cm³/mol. The second kappa shape index (κ2) is 8.96. The Labute approximate surface area is 200 Å². The molecule has 5 rings (SSSR count). The van der Waals surface area contributed by atoms with Crippen molar-refractivity contribution < 1.29 is 9.53 Å². The first kappa shape index (κ1) is 21.0. The van der Waals surface area contributed by atoms with Gasteiger partial charge in [-0.25, -0.2) is 4.68 Å². The van der Waals surface area contributed by atoms with Crippen LogP contribution >= 0.6 is 15.9 Å². The van der Waals surface area contributed by atoms with Crippen molar-refractivity contribution in [1.82, 2.24) is 9.78 Å². The van der Waals surface area contributed by atoms with E-state index in [9.17, 15) is 4.79 Å². The molecule has 0 unspecified atom stereocenters. The third-order valence-electron chi connectivity index (χ3n) is 5.53. The SMILES string of the molecule is COc1ccc(C2=C[C@@H](c3ccc(Br)cc3)n3ncc(C(=O)Nc4ccccc4)c3N2)cc1. The Balaban J connectivity index is 1.55. The van der Waals surface area contributed by atoms with E-state index in [4.69, 9.17) is 4.74 Å². The van der Waals surface area contributed by atoms with Crippen molar-refractivity contribution in [3.05, 3.63) is 112 Å². The van der Waals surface area contributed by atoms with Gasteiger partial charge in [0.05, 0.1) is 19.3 Å². The van der Waals surface area contributed by atoms with Crippen LogP contribution < -0.4 is 15.4 Å². The normalized spacial score (nSPS) is 14.6. The summed E-state index contributed by atoms with van der Waals surface area (Å²) in [4.78, 5) is 13.1. The maximum absolute atomic E-state index is 13.1. The molecule has 1 atom stereocenters. The lowest BCUT2D eigenvalue weighted by Gasteiger charge is -2.26. The van der Waals surface area contributed by atoms with E-state index < -0.39 is 0 Å². The summed E-state index contributed by atoms with van der Waals surface area (Å²) in [5.74, 6) is 1.21. The number of anilines is 2. The molecular weight excluding hydrogens is 480 g/mol. The van der Waals surface area contributed by atoms with Crippen LogP contribution in [-0.4, -0.2) is 22.8 Å². The molecule has 0 saturated heterocycles. The van der Waals surface area contributed by atoms with Crippen molar-refractivity contribution in [1.29, 1.82) is 0 Å². The van der Waals surface area contributed by atoms with Crippen LogP contribution in [0.25, 0.3) is 5.70 Å². The maximum atomic E-state index is 13.1. The summed E-state index contributed by atoms with van der Waals surface area (Å²) in [6, 6.07) is 25.1. The average molecular weight is 501 g/mol. The number of methoxy groups -OCH3 is 1. The molecule has 0 fully saturated rings. The molecule has 1 amide bonds. The number of benzene rings is 3. The number of nitrogens with one attached hydrogen (secondary N) is 2. The van der Waals surface area contributed by atoms with Crippen molar-refractivity contribution in [2.24, 2.45) is 0 Å². The smallest absolute Gasteiger partial charge is 0.261 e. The van der Waals surface area contributed by atoms with Crippen LogP contribution in [0.4, 0.5) is 11.5 Å². The fourth-order valence-electron chi connectivity index (χ4n) is 3.82. The highest BCUT2D eigenvalue weighted by Crippen LogP contribution is 2.36. The highest BCUT2D eigenvalue weighted by atomic mass is 79.9. The zero-order valence-corrected chi connectivity index (χ0v) is 19.4. The number of para-hydroxylation sites is 1. The Morgan fingerprint density at radius 1 is 1.03 bits per heavy atom. The summed E-state index contributed by atoms with van der Waals surface area (Å²) in [7, 11) is 1.65. The molecule has 0 bridgehead atoms. The molecule has 1 aliphatic rings. The molecule has 33 heavy (non-hydrogen) atoms. The summed E-state index contributed by atoms with van der Waals surface area (Å²) < 4.78 is 8.14. The Hall–Kier alpha value is -3.84. The van der Waals surface area contributed by atoms with Gasteiger partial charge in [-0.3, -0.25) is 4.79 Å². The molecule has 6 nitrogen and oxygen atoms in total. The number of carbonyl (C=O) groups is 1. The molecule has 1 aromatic heterocycles. The Morgan fingerprint density at radius 2 is 1.76 bits per heavy atom. The van der Waals surface area contributed by atoms with Gasteiger partial charge in [-0.15, -0.1) is 0 Å². The molecule has 4 aromatic rings. The summed E-state index contributed by atoms with van der Waals surface area (Å²) in [5, 5.41) is 11.0. The monoisotopic (exact) mass is 500 g/mol. The number of halogens is 1. The van der Waals surface area contributed by atoms with Gasteiger partial charge in [0.1, 0.15) is 17.1 Å². The number of hydrogen-bond donors (Lipinski definition) is 2. The van der Waals surface area contributed by atoms with Gasteiger partial charge in [0.15, 0.2) is 0 Å². The standard InChI is InChI=1S/C26H21BrN4O2/c1-33-21-13-9-17(10-14-21)23-15-24(18-7-11-19(27)12-8-18)31-25(30-23)22(16-28-31)26(32)29-20-5-3-2-4-6-20/h2-16,24,30H,1H3,(H,29,32)/t24-/m0/s1. The van der Waals surface area contributed by atoms with E-state index in [1.54, 1.807) is 13.3 Å². The first-order valence-corrected chi connectivity index (χ1v) is 11.2. The number of allylic oxidation sites excluding steroid dienone is 1. The van der Waals surface area contributed by atoms with Gasteiger partial charge < -0.3 is 15.4 Å². The van der Waals surface area contributed by atoms with E-state index in [0.717, 1.165) is 32.7 Å². The van der Waals surface area contributed by atoms with Gasteiger partial charge in [0.25, 0.3) is 5.91 Å². The van der Waals surface area contributed by atoms with E-state index in [0.29, 0.717) is 11.4 Å². The largest absolute Gasteiger partial charge is 0.497 e. The Kier molecular flexibility index (Phi) is 5.71. The highest BCUT2D eigenvalue weighted by Gasteiger charge is 2.28. The summed E-state index contributed by atoms with van der Waals surface area (Å²) in [6.07, 6.45) is 3.72. The summed E-state index contributed by atoms with van der Waals surface area (Å²) in [5.41, 5.74) is 4.14. The van der Waals surface area contributed by atoms with Crippen molar-refractivity contribution in [2.75, 3.05) is 17.7 Å². The van der Waals surface area contributed by atoms with Crippen LogP contribution in [0.5, 0.6) is 5.75 Å². The van der Waals surface area contributed by atoms with E-state index in [-0.39, 0.29) is 11.9 Å². The minimum Gasteiger partial charge on any atom is -0.497 e. The molecule has 0 aliphatic carbocycles. The number of amides is 1. The van der Waals surface area contributed by atoms with Crippen LogP contribution in [0, 0.1) is 0 Å². The van der Waals surface area contributed by atoms with Crippen LogP contribution in [0.15, 0.2) is 95.6 Å². The Bertz CT molecular complexity index is 1310. The van der Waals surface area contributed by atoms with Crippen molar-refractivity contribution in [2.45, 2.75) is 6.04 Å². The maximum Gasteiger partial charge on any atom is 0.261 e. The topological polar surface area (TPSA) is 68.2 Å². The van der Waals surface area contributed by atoms with Gasteiger partial charge in [-0.1, -0.05) is 46.3 Å². The van der Waals surface area contributed by atoms with Crippen LogP contribution in [0.2, 0.25) is 0 Å². The van der Waals surface area contributed by atoms with E-state index in [1.165, 1.54) is 0 Å². The van der Waals surface area contributed by atoms with Gasteiger partial charge in [-0.2, -0.15) is 5.10 Å². The van der Waals surface area contributed by atoms with Crippen LogP contribution in [0.1, 0.15) is 27.5 Å². The molecule has 7 heteroatoms. The zero-order valence-electron chi connectivity index (χ0n) is 17.8. The quantitative estimate of drug-likeness (QED) is 0.354. The van der Waals surface area contributed by atoms with Gasteiger partial charge >= 0.3 is 0 Å². The number of rotatable bonds is 5.